The van der Waals surface area contributed by atoms with Gasteiger partial charge in [-0.2, -0.15) is 0 Å². The van der Waals surface area contributed by atoms with Crippen LogP contribution in [0.5, 0.6) is 5.75 Å². The van der Waals surface area contributed by atoms with Gasteiger partial charge in [0.15, 0.2) is 0 Å². The molecule has 3 atom stereocenters. The van der Waals surface area contributed by atoms with Crippen LogP contribution in [0.1, 0.15) is 38.8 Å². The molecule has 1 saturated carbocycles. The van der Waals surface area contributed by atoms with Crippen molar-refractivity contribution in [3.8, 4) is 5.75 Å². The Morgan fingerprint density at radius 1 is 1.36 bits per heavy atom. The molecule has 1 aliphatic heterocycles. The molecule has 1 fully saturated rings. The highest BCUT2D eigenvalue weighted by Crippen LogP contribution is 2.60. The SMILES string of the molecule is CC(C)=CC1C(C(=O)OC2Cc3cccc(C)c3O2)C1(C)C. The lowest BCUT2D eigenvalue weighted by atomic mass is 10.1. The van der Waals surface area contributed by atoms with E-state index >= 15 is 0 Å². The highest BCUT2D eigenvalue weighted by atomic mass is 16.7. The fraction of sp³-hybridized carbons (Fsp3) is 0.526. The first-order valence-electron chi connectivity index (χ1n) is 7.91. The number of rotatable bonds is 3. The summed E-state index contributed by atoms with van der Waals surface area (Å²) in [5, 5.41) is 0. The second kappa shape index (κ2) is 5.15. The number of carbonyl (C=O) groups excluding carboxylic acids is 1. The van der Waals surface area contributed by atoms with Crippen molar-refractivity contribution < 1.29 is 14.3 Å². The van der Waals surface area contributed by atoms with Crippen LogP contribution in [0.4, 0.5) is 0 Å². The number of carbonyl (C=O) groups is 1. The summed E-state index contributed by atoms with van der Waals surface area (Å²) in [7, 11) is 0. The van der Waals surface area contributed by atoms with Gasteiger partial charge in [-0.15, -0.1) is 0 Å². The van der Waals surface area contributed by atoms with Crippen molar-refractivity contribution >= 4 is 5.97 Å². The third kappa shape index (κ3) is 2.53. The minimum Gasteiger partial charge on any atom is -0.454 e. The van der Waals surface area contributed by atoms with Gasteiger partial charge in [0, 0.05) is 5.56 Å². The third-order valence-corrected chi connectivity index (χ3v) is 4.85. The topological polar surface area (TPSA) is 35.5 Å². The number of hydrogen-bond donors (Lipinski definition) is 0. The molecule has 0 radical (unpaired) electrons. The number of para-hydroxylation sites is 1. The van der Waals surface area contributed by atoms with Gasteiger partial charge in [0.25, 0.3) is 0 Å². The van der Waals surface area contributed by atoms with Crippen molar-refractivity contribution in [1.29, 1.82) is 0 Å². The van der Waals surface area contributed by atoms with Crippen molar-refractivity contribution in [3.63, 3.8) is 0 Å². The van der Waals surface area contributed by atoms with Crippen LogP contribution in [-0.2, 0) is 16.0 Å². The van der Waals surface area contributed by atoms with E-state index < -0.39 is 6.29 Å². The summed E-state index contributed by atoms with van der Waals surface area (Å²) in [6, 6.07) is 6.05. The molecule has 3 rings (SSSR count). The first kappa shape index (κ1) is 15.1. The van der Waals surface area contributed by atoms with Crippen LogP contribution in [0, 0.1) is 24.2 Å². The standard InChI is InChI=1S/C19H24O3/c1-11(2)9-14-16(19(14,4)5)18(20)22-15-10-13-8-6-7-12(3)17(13)21-15/h6-9,14-16H,10H2,1-5H3. The van der Waals surface area contributed by atoms with Crippen LogP contribution in [-0.4, -0.2) is 12.3 Å². The fourth-order valence-electron chi connectivity index (χ4n) is 3.46. The molecule has 0 aromatic heterocycles. The Kier molecular flexibility index (Phi) is 3.54. The molecule has 0 spiro atoms. The van der Waals surface area contributed by atoms with Crippen molar-refractivity contribution in [2.75, 3.05) is 0 Å². The molecule has 1 aromatic carbocycles. The fourth-order valence-corrected chi connectivity index (χ4v) is 3.46. The van der Waals surface area contributed by atoms with Gasteiger partial charge < -0.3 is 9.47 Å². The molecule has 0 saturated heterocycles. The van der Waals surface area contributed by atoms with Gasteiger partial charge in [0.05, 0.1) is 12.3 Å². The summed E-state index contributed by atoms with van der Waals surface area (Å²) in [5.41, 5.74) is 3.43. The van der Waals surface area contributed by atoms with Gasteiger partial charge in [0.2, 0.25) is 6.29 Å². The van der Waals surface area contributed by atoms with Crippen LogP contribution >= 0.6 is 0 Å². The maximum atomic E-state index is 12.5. The summed E-state index contributed by atoms with van der Waals surface area (Å²) < 4.78 is 11.4. The van der Waals surface area contributed by atoms with Gasteiger partial charge in [-0.1, -0.05) is 43.7 Å². The van der Waals surface area contributed by atoms with Crippen molar-refractivity contribution in [2.45, 2.75) is 47.3 Å². The second-order valence-corrected chi connectivity index (χ2v) is 7.32. The number of aryl methyl sites for hydroxylation is 1. The first-order valence-corrected chi connectivity index (χ1v) is 7.91. The van der Waals surface area contributed by atoms with Crippen molar-refractivity contribution in [2.24, 2.45) is 17.3 Å². The van der Waals surface area contributed by atoms with Crippen LogP contribution < -0.4 is 4.74 Å². The summed E-state index contributed by atoms with van der Waals surface area (Å²) in [5.74, 6) is 0.950. The average Bonchev–Trinajstić information content (AvgIpc) is 2.78. The minimum atomic E-state index is -0.479. The highest BCUT2D eigenvalue weighted by Gasteiger charge is 2.61. The summed E-state index contributed by atoms with van der Waals surface area (Å²) in [4.78, 5) is 12.5. The molecule has 0 bridgehead atoms. The highest BCUT2D eigenvalue weighted by molar-refractivity contribution is 5.78. The predicted octanol–water partition coefficient (Wildman–Crippen LogP) is 4.04. The van der Waals surface area contributed by atoms with E-state index in [4.69, 9.17) is 9.47 Å². The Hall–Kier alpha value is -1.77. The molecule has 1 aliphatic carbocycles. The predicted molar refractivity (Wildman–Crippen MR) is 85.6 cm³/mol. The molecule has 0 N–H and O–H groups in total. The zero-order chi connectivity index (χ0) is 16.1. The summed E-state index contributed by atoms with van der Waals surface area (Å²) >= 11 is 0. The number of esters is 1. The summed E-state index contributed by atoms with van der Waals surface area (Å²) in [6.45, 7) is 10.4. The Bertz CT molecular complexity index is 638. The van der Waals surface area contributed by atoms with Crippen LogP contribution in [0.3, 0.4) is 0 Å². The molecule has 3 unspecified atom stereocenters. The van der Waals surface area contributed by atoms with Gasteiger partial charge in [-0.05, 0) is 37.7 Å². The van der Waals surface area contributed by atoms with E-state index in [1.165, 1.54) is 5.57 Å². The molecule has 22 heavy (non-hydrogen) atoms. The molecule has 2 aliphatic rings. The Labute approximate surface area is 132 Å². The van der Waals surface area contributed by atoms with Gasteiger partial charge in [-0.3, -0.25) is 4.79 Å². The number of fused-ring (bicyclic) bond motifs is 1. The van der Waals surface area contributed by atoms with E-state index in [1.54, 1.807) is 0 Å². The molecule has 1 heterocycles. The second-order valence-electron chi connectivity index (χ2n) is 7.32. The summed E-state index contributed by atoms with van der Waals surface area (Å²) in [6.07, 6.45) is 2.34. The zero-order valence-electron chi connectivity index (χ0n) is 14.0. The molecule has 118 valence electrons. The molecule has 3 nitrogen and oxygen atoms in total. The van der Waals surface area contributed by atoms with Crippen LogP contribution in [0.25, 0.3) is 0 Å². The molecule has 1 aromatic rings. The lowest BCUT2D eigenvalue weighted by Crippen LogP contribution is -2.24. The lowest BCUT2D eigenvalue weighted by molar-refractivity contribution is -0.164. The van der Waals surface area contributed by atoms with Crippen LogP contribution in [0.15, 0.2) is 29.8 Å². The number of ether oxygens (including phenoxy) is 2. The maximum absolute atomic E-state index is 12.5. The van der Waals surface area contributed by atoms with E-state index in [0.717, 1.165) is 16.9 Å². The Morgan fingerprint density at radius 2 is 2.09 bits per heavy atom. The molecule has 3 heteroatoms. The van der Waals surface area contributed by atoms with Crippen molar-refractivity contribution in [3.05, 3.63) is 41.0 Å². The van der Waals surface area contributed by atoms with E-state index in [-0.39, 0.29) is 23.2 Å². The largest absolute Gasteiger partial charge is 0.454 e. The Balaban J connectivity index is 1.65. The number of allylic oxidation sites excluding steroid dienone is 2. The first-order chi connectivity index (χ1) is 10.3. The van der Waals surface area contributed by atoms with E-state index in [1.807, 2.05) is 25.1 Å². The van der Waals surface area contributed by atoms with Crippen LogP contribution in [0.2, 0.25) is 0 Å². The third-order valence-electron chi connectivity index (χ3n) is 4.85. The van der Waals surface area contributed by atoms with Gasteiger partial charge in [0.1, 0.15) is 5.75 Å². The average molecular weight is 300 g/mol. The zero-order valence-corrected chi connectivity index (χ0v) is 14.0. The maximum Gasteiger partial charge on any atom is 0.313 e. The number of benzene rings is 1. The van der Waals surface area contributed by atoms with E-state index in [2.05, 4.69) is 33.8 Å². The normalized spacial score (nSPS) is 27.6. The lowest BCUT2D eigenvalue weighted by Gasteiger charge is -2.13. The quantitative estimate of drug-likeness (QED) is 0.624. The van der Waals surface area contributed by atoms with Gasteiger partial charge in [-0.25, -0.2) is 0 Å². The molecular formula is C19H24O3. The Morgan fingerprint density at radius 3 is 2.73 bits per heavy atom. The smallest absolute Gasteiger partial charge is 0.313 e. The van der Waals surface area contributed by atoms with Gasteiger partial charge >= 0.3 is 5.97 Å². The monoisotopic (exact) mass is 300 g/mol. The molecular weight excluding hydrogens is 276 g/mol. The number of hydrogen-bond acceptors (Lipinski definition) is 3. The van der Waals surface area contributed by atoms with E-state index in [0.29, 0.717) is 6.42 Å². The molecule has 0 amide bonds. The van der Waals surface area contributed by atoms with E-state index in [9.17, 15) is 4.79 Å². The minimum absolute atomic E-state index is 0.0181. The van der Waals surface area contributed by atoms with Crippen molar-refractivity contribution in [1.82, 2.24) is 0 Å².